The Morgan fingerprint density at radius 3 is 2.78 bits per heavy atom. The van der Waals surface area contributed by atoms with Gasteiger partial charge in [0.05, 0.1) is 17.6 Å². The number of nitrogens with one attached hydrogen (secondary N) is 1. The highest BCUT2D eigenvalue weighted by atomic mass is 16.5. The van der Waals surface area contributed by atoms with E-state index in [0.717, 1.165) is 37.1 Å². The number of fused-ring (bicyclic) bond motifs is 2. The maximum Gasteiger partial charge on any atom is 0.249 e. The van der Waals surface area contributed by atoms with E-state index in [1.807, 2.05) is 9.80 Å². The van der Waals surface area contributed by atoms with Crippen molar-refractivity contribution in [3.05, 3.63) is 17.7 Å². The predicted octanol–water partition coefficient (Wildman–Crippen LogP) is 0.386. The minimum absolute atomic E-state index is 0.00677. The van der Waals surface area contributed by atoms with Crippen molar-refractivity contribution in [3.8, 4) is 0 Å². The summed E-state index contributed by atoms with van der Waals surface area (Å²) < 4.78 is 5.10. The average molecular weight is 375 g/mol. The van der Waals surface area contributed by atoms with Gasteiger partial charge in [-0.15, -0.1) is 0 Å². The van der Waals surface area contributed by atoms with Gasteiger partial charge in [0.2, 0.25) is 11.8 Å². The van der Waals surface area contributed by atoms with Gasteiger partial charge in [0.25, 0.3) is 0 Å². The highest BCUT2D eigenvalue weighted by Crippen LogP contribution is 2.42. The number of H-pyrrole nitrogens is 1. The Kier molecular flexibility index (Phi) is 4.94. The van der Waals surface area contributed by atoms with Gasteiger partial charge in [0.15, 0.2) is 0 Å². The van der Waals surface area contributed by atoms with Crippen LogP contribution < -0.4 is 5.73 Å². The minimum Gasteiger partial charge on any atom is -0.375 e. The van der Waals surface area contributed by atoms with Crippen molar-refractivity contribution >= 4 is 11.8 Å². The van der Waals surface area contributed by atoms with E-state index in [9.17, 15) is 9.59 Å². The molecule has 0 bridgehead atoms. The largest absolute Gasteiger partial charge is 0.375 e. The number of amides is 2. The number of aromatic nitrogens is 2. The Hall–Kier alpha value is -1.93. The first kappa shape index (κ1) is 18.4. The summed E-state index contributed by atoms with van der Waals surface area (Å²) in [6.45, 7) is 2.02. The second kappa shape index (κ2) is 7.24. The number of hydrogen-bond donors (Lipinski definition) is 2. The zero-order valence-corrected chi connectivity index (χ0v) is 15.9. The highest BCUT2D eigenvalue weighted by molar-refractivity contribution is 5.80. The summed E-state index contributed by atoms with van der Waals surface area (Å²) in [4.78, 5) is 37.3. The number of methoxy groups -OCH3 is 1. The van der Waals surface area contributed by atoms with Gasteiger partial charge in [-0.25, -0.2) is 4.98 Å². The molecule has 3 heterocycles. The topological polar surface area (TPSA) is 105 Å². The molecule has 1 saturated carbocycles. The summed E-state index contributed by atoms with van der Waals surface area (Å²) in [5, 5.41) is 0. The lowest BCUT2D eigenvalue weighted by Crippen LogP contribution is -2.59. The third-order valence-corrected chi connectivity index (χ3v) is 6.55. The van der Waals surface area contributed by atoms with Crippen LogP contribution >= 0.6 is 0 Å². The van der Waals surface area contributed by atoms with Crippen molar-refractivity contribution in [2.45, 2.75) is 50.1 Å². The molecular weight excluding hydrogens is 346 g/mol. The van der Waals surface area contributed by atoms with Gasteiger partial charge in [-0.3, -0.25) is 9.59 Å². The molecule has 2 atom stereocenters. The fraction of sp³-hybridized carbons (Fsp3) is 0.737. The number of hydrogen-bond acceptors (Lipinski definition) is 5. The molecule has 0 radical (unpaired) electrons. The molecule has 1 spiro atoms. The van der Waals surface area contributed by atoms with Crippen LogP contribution in [0.3, 0.4) is 0 Å². The summed E-state index contributed by atoms with van der Waals surface area (Å²) in [5.41, 5.74) is 7.62. The minimum atomic E-state index is -0.438. The van der Waals surface area contributed by atoms with E-state index >= 15 is 0 Å². The summed E-state index contributed by atoms with van der Waals surface area (Å²) >= 11 is 0. The van der Waals surface area contributed by atoms with E-state index in [1.54, 1.807) is 13.4 Å². The molecule has 4 rings (SSSR count). The Labute approximate surface area is 159 Å². The van der Waals surface area contributed by atoms with Crippen LogP contribution in [-0.2, 0) is 26.3 Å². The molecular formula is C19H29N5O3. The van der Waals surface area contributed by atoms with E-state index in [4.69, 9.17) is 10.5 Å². The van der Waals surface area contributed by atoms with Gasteiger partial charge >= 0.3 is 0 Å². The van der Waals surface area contributed by atoms with Crippen LogP contribution in [0.4, 0.5) is 0 Å². The molecule has 1 aromatic rings. The fourth-order valence-electron chi connectivity index (χ4n) is 5.15. The number of imidazole rings is 1. The molecule has 148 valence electrons. The van der Waals surface area contributed by atoms with Gasteiger partial charge in [0, 0.05) is 50.8 Å². The van der Waals surface area contributed by atoms with E-state index in [2.05, 4.69) is 9.97 Å². The summed E-state index contributed by atoms with van der Waals surface area (Å²) in [6, 6.07) is 0.155. The molecule has 2 amide bonds. The average Bonchev–Trinajstić information content (AvgIpc) is 3.32. The molecule has 1 saturated heterocycles. The van der Waals surface area contributed by atoms with Gasteiger partial charge in [-0.05, 0) is 32.1 Å². The van der Waals surface area contributed by atoms with E-state index < -0.39 is 5.54 Å². The Bertz CT molecular complexity index is 710. The molecule has 0 aromatic carbocycles. The number of aromatic amines is 1. The van der Waals surface area contributed by atoms with Crippen LogP contribution in [0.25, 0.3) is 0 Å². The molecule has 2 aliphatic heterocycles. The number of likely N-dealkylation sites (tertiary alicyclic amines) is 1. The van der Waals surface area contributed by atoms with Crippen LogP contribution in [-0.4, -0.2) is 71.0 Å². The third-order valence-electron chi connectivity index (χ3n) is 6.55. The molecule has 1 aromatic heterocycles. The smallest absolute Gasteiger partial charge is 0.249 e. The second-order valence-corrected chi connectivity index (χ2v) is 8.09. The lowest BCUT2D eigenvalue weighted by atomic mass is 9.78. The zero-order chi connectivity index (χ0) is 19.0. The molecule has 3 aliphatic rings. The number of nitrogens with two attached hydrogens (primary N) is 1. The Balaban J connectivity index is 1.53. The molecule has 1 aliphatic carbocycles. The van der Waals surface area contributed by atoms with Crippen LogP contribution in [0.5, 0.6) is 0 Å². The summed E-state index contributed by atoms with van der Waals surface area (Å²) in [5.74, 6) is 0.283. The van der Waals surface area contributed by atoms with Crippen molar-refractivity contribution in [1.82, 2.24) is 19.8 Å². The quantitative estimate of drug-likeness (QED) is 0.795. The van der Waals surface area contributed by atoms with Crippen LogP contribution in [0.2, 0.25) is 0 Å². The molecule has 3 N–H and O–H groups in total. The van der Waals surface area contributed by atoms with Gasteiger partial charge in [0.1, 0.15) is 6.61 Å². The van der Waals surface area contributed by atoms with Crippen molar-refractivity contribution in [2.75, 3.05) is 33.4 Å². The Morgan fingerprint density at radius 2 is 2.11 bits per heavy atom. The van der Waals surface area contributed by atoms with Crippen molar-refractivity contribution < 1.29 is 14.3 Å². The van der Waals surface area contributed by atoms with Gasteiger partial charge < -0.3 is 25.3 Å². The maximum atomic E-state index is 12.9. The van der Waals surface area contributed by atoms with Crippen molar-refractivity contribution in [2.24, 2.45) is 11.7 Å². The monoisotopic (exact) mass is 375 g/mol. The first-order chi connectivity index (χ1) is 13.0. The number of carbonyl (C=O) groups is 2. The molecule has 27 heavy (non-hydrogen) atoms. The first-order valence-corrected chi connectivity index (χ1v) is 9.91. The fourth-order valence-corrected chi connectivity index (χ4v) is 5.15. The summed E-state index contributed by atoms with van der Waals surface area (Å²) in [7, 11) is 1.54. The molecule has 8 nitrogen and oxygen atoms in total. The zero-order valence-electron chi connectivity index (χ0n) is 15.9. The molecule has 2 fully saturated rings. The second-order valence-electron chi connectivity index (χ2n) is 8.09. The third kappa shape index (κ3) is 3.14. The number of nitrogens with zero attached hydrogens (tertiary/aromatic N) is 3. The standard InChI is InChI=1S/C19H29N5O3/c1-27-11-16(25)24-7-4-15-17(22-12-21-15)19(24)5-8-23(9-6-19)18(26)13-2-3-14(20)10-13/h12-14H,2-11,20H2,1H3,(H,21,22)/t13-,14+/m1/s1. The lowest BCUT2D eigenvalue weighted by Gasteiger charge is -2.50. The van der Waals surface area contributed by atoms with Gasteiger partial charge in [-0.1, -0.05) is 0 Å². The number of ether oxygens (including phenoxy) is 1. The lowest BCUT2D eigenvalue weighted by molar-refractivity contribution is -0.148. The maximum absolute atomic E-state index is 12.9. The number of rotatable bonds is 3. The highest BCUT2D eigenvalue weighted by Gasteiger charge is 2.49. The van der Waals surface area contributed by atoms with Gasteiger partial charge in [-0.2, -0.15) is 0 Å². The number of carbonyl (C=O) groups excluding carboxylic acids is 2. The van der Waals surface area contributed by atoms with Crippen molar-refractivity contribution in [3.63, 3.8) is 0 Å². The van der Waals surface area contributed by atoms with E-state index in [-0.39, 0.29) is 30.4 Å². The summed E-state index contributed by atoms with van der Waals surface area (Å²) in [6.07, 6.45) is 6.54. The van der Waals surface area contributed by atoms with Crippen LogP contribution in [0.1, 0.15) is 43.5 Å². The molecule has 8 heteroatoms. The predicted molar refractivity (Wildman–Crippen MR) is 98.7 cm³/mol. The normalized spacial score (nSPS) is 27.0. The number of piperidine rings is 1. The SMILES string of the molecule is COCC(=O)N1CCc2[nH]cnc2C12CCN(C(=O)[C@@H]1CC[C@H](N)C1)CC2. The first-order valence-electron chi connectivity index (χ1n) is 9.91. The molecule has 0 unspecified atom stereocenters. The van der Waals surface area contributed by atoms with Crippen LogP contribution in [0.15, 0.2) is 6.33 Å². The van der Waals surface area contributed by atoms with Crippen molar-refractivity contribution in [1.29, 1.82) is 0 Å². The van der Waals surface area contributed by atoms with E-state index in [0.29, 0.717) is 32.5 Å². The Morgan fingerprint density at radius 1 is 1.33 bits per heavy atom. The van der Waals surface area contributed by atoms with Crippen LogP contribution in [0, 0.1) is 5.92 Å². The van der Waals surface area contributed by atoms with E-state index in [1.165, 1.54) is 0 Å².